The second-order valence-electron chi connectivity index (χ2n) is 5.67. The van der Waals surface area contributed by atoms with E-state index in [0.29, 0.717) is 19.8 Å². The van der Waals surface area contributed by atoms with Crippen LogP contribution in [0.1, 0.15) is 36.1 Å². The van der Waals surface area contributed by atoms with Gasteiger partial charge in [-0.25, -0.2) is 0 Å². The lowest BCUT2D eigenvalue weighted by molar-refractivity contribution is -0.142. The molecule has 2 N–H and O–H groups in total. The van der Waals surface area contributed by atoms with E-state index in [0.717, 1.165) is 23.5 Å². The molecule has 0 saturated carbocycles. The molecule has 0 radical (unpaired) electrons. The lowest BCUT2D eigenvalue weighted by Gasteiger charge is -2.36. The van der Waals surface area contributed by atoms with Crippen LogP contribution >= 0.6 is 0 Å². The van der Waals surface area contributed by atoms with Gasteiger partial charge in [-0.3, -0.25) is 4.79 Å². The van der Waals surface area contributed by atoms with Crippen LogP contribution in [0.25, 0.3) is 0 Å². The first kappa shape index (κ1) is 15.8. The number of benzene rings is 1. The number of carbonyl (C=O) groups is 1. The molecule has 0 unspecified atom stereocenters. The monoisotopic (exact) mass is 314 g/mol. The average molecular weight is 314 g/mol. The minimum atomic E-state index is -0.669. The number of rotatable bonds is 4. The summed E-state index contributed by atoms with van der Waals surface area (Å²) in [6.07, 6.45) is 0.824. The summed E-state index contributed by atoms with van der Waals surface area (Å²) >= 11 is 0. The summed E-state index contributed by atoms with van der Waals surface area (Å²) in [4.78, 5) is 14.6. The molecular weight excluding hydrogens is 292 g/mol. The van der Waals surface area contributed by atoms with Crippen molar-refractivity contribution in [1.29, 1.82) is 0 Å². The second kappa shape index (κ2) is 6.98. The van der Waals surface area contributed by atoms with Crippen LogP contribution in [0, 0.1) is 0 Å². The number of morpholine rings is 1. The Morgan fingerprint density at radius 2 is 2.09 bits per heavy atom. The maximum absolute atomic E-state index is 12.9. The van der Waals surface area contributed by atoms with Crippen molar-refractivity contribution in [3.05, 3.63) is 59.5 Å². The van der Waals surface area contributed by atoms with Crippen molar-refractivity contribution < 1.29 is 13.9 Å². The first-order chi connectivity index (χ1) is 11.2. The highest BCUT2D eigenvalue weighted by Gasteiger charge is 2.33. The zero-order valence-electron chi connectivity index (χ0n) is 13.3. The number of aryl methyl sites for hydroxylation is 1. The third kappa shape index (κ3) is 3.30. The summed E-state index contributed by atoms with van der Waals surface area (Å²) in [7, 11) is 0. The number of amides is 1. The zero-order valence-corrected chi connectivity index (χ0v) is 13.3. The Hall–Kier alpha value is -2.11. The van der Waals surface area contributed by atoms with Gasteiger partial charge in [-0.15, -0.1) is 0 Å². The van der Waals surface area contributed by atoms with Crippen LogP contribution in [-0.2, 0) is 16.0 Å². The number of carbonyl (C=O) groups excluding carboxylic acids is 1. The Morgan fingerprint density at radius 3 is 2.78 bits per heavy atom. The van der Waals surface area contributed by atoms with E-state index in [1.807, 2.05) is 49.4 Å². The molecule has 0 aliphatic carbocycles. The summed E-state index contributed by atoms with van der Waals surface area (Å²) in [5.41, 5.74) is 6.99. The number of hydrogen-bond donors (Lipinski definition) is 1. The maximum atomic E-state index is 12.9. The molecule has 1 aromatic heterocycles. The first-order valence-electron chi connectivity index (χ1n) is 7.98. The Kier molecular flexibility index (Phi) is 4.79. The molecule has 3 rings (SSSR count). The Balaban J connectivity index is 1.81. The van der Waals surface area contributed by atoms with Gasteiger partial charge in [-0.1, -0.05) is 37.3 Å². The molecule has 5 nitrogen and oxygen atoms in total. The Bertz CT molecular complexity index is 653. The number of furan rings is 1. The van der Waals surface area contributed by atoms with Crippen molar-refractivity contribution in [2.75, 3.05) is 19.8 Å². The van der Waals surface area contributed by atoms with Gasteiger partial charge in [0.15, 0.2) is 0 Å². The van der Waals surface area contributed by atoms with Crippen LogP contribution in [0.3, 0.4) is 0 Å². The highest BCUT2D eigenvalue weighted by Crippen LogP contribution is 2.28. The summed E-state index contributed by atoms with van der Waals surface area (Å²) < 4.78 is 11.4. The molecule has 122 valence electrons. The largest absolute Gasteiger partial charge is 0.464 e. The van der Waals surface area contributed by atoms with E-state index in [9.17, 15) is 4.79 Å². The van der Waals surface area contributed by atoms with Crippen molar-refractivity contribution >= 4 is 5.91 Å². The van der Waals surface area contributed by atoms with Crippen LogP contribution in [0.2, 0.25) is 0 Å². The van der Waals surface area contributed by atoms with Crippen LogP contribution in [0.4, 0.5) is 0 Å². The van der Waals surface area contributed by atoms with Crippen LogP contribution in [0.15, 0.2) is 46.9 Å². The van der Waals surface area contributed by atoms with Crippen LogP contribution in [0.5, 0.6) is 0 Å². The molecule has 1 fully saturated rings. The fraction of sp³-hybridized carbons (Fsp3) is 0.389. The third-order valence-corrected chi connectivity index (χ3v) is 4.20. The standard InChI is InChI=1S/C18H22N2O3/c1-2-14-8-9-16(23-14)15-12-22-11-10-20(15)18(21)17(19)13-6-4-3-5-7-13/h3-9,15,17H,2,10-12,19H2,1H3/t15-,17-/m0/s1. The van der Waals surface area contributed by atoms with Crippen molar-refractivity contribution in [3.63, 3.8) is 0 Å². The normalized spacial score (nSPS) is 19.6. The molecule has 1 aliphatic rings. The van der Waals surface area contributed by atoms with E-state index in [-0.39, 0.29) is 11.9 Å². The van der Waals surface area contributed by atoms with Gasteiger partial charge in [0, 0.05) is 13.0 Å². The fourth-order valence-corrected chi connectivity index (χ4v) is 2.85. The lowest BCUT2D eigenvalue weighted by Crippen LogP contribution is -2.47. The molecule has 1 amide bonds. The van der Waals surface area contributed by atoms with Crippen molar-refractivity contribution in [1.82, 2.24) is 4.90 Å². The van der Waals surface area contributed by atoms with E-state index in [4.69, 9.17) is 14.9 Å². The van der Waals surface area contributed by atoms with Gasteiger partial charge in [0.25, 0.3) is 0 Å². The summed E-state index contributed by atoms with van der Waals surface area (Å²) in [6, 6.07) is 12.4. The fourth-order valence-electron chi connectivity index (χ4n) is 2.85. The van der Waals surface area contributed by atoms with Crippen LogP contribution in [-0.4, -0.2) is 30.6 Å². The molecule has 1 saturated heterocycles. The van der Waals surface area contributed by atoms with E-state index in [2.05, 4.69) is 0 Å². The Labute approximate surface area is 136 Å². The minimum Gasteiger partial charge on any atom is -0.464 e. The maximum Gasteiger partial charge on any atom is 0.244 e. The third-order valence-electron chi connectivity index (χ3n) is 4.20. The predicted octanol–water partition coefficient (Wildman–Crippen LogP) is 2.44. The summed E-state index contributed by atoms with van der Waals surface area (Å²) in [5, 5.41) is 0. The quantitative estimate of drug-likeness (QED) is 0.941. The van der Waals surface area contributed by atoms with Gasteiger partial charge >= 0.3 is 0 Å². The second-order valence-corrected chi connectivity index (χ2v) is 5.67. The minimum absolute atomic E-state index is 0.0982. The van der Waals surface area contributed by atoms with E-state index >= 15 is 0 Å². The number of ether oxygens (including phenoxy) is 1. The highest BCUT2D eigenvalue weighted by molar-refractivity contribution is 5.83. The number of hydrogen-bond acceptors (Lipinski definition) is 4. The van der Waals surface area contributed by atoms with Gasteiger partial charge in [-0.2, -0.15) is 0 Å². The number of nitrogens with two attached hydrogens (primary N) is 1. The SMILES string of the molecule is CCc1ccc([C@@H]2COCCN2C(=O)[C@@H](N)c2ccccc2)o1. The molecule has 1 aromatic carbocycles. The van der Waals surface area contributed by atoms with Crippen molar-refractivity contribution in [2.45, 2.75) is 25.4 Å². The smallest absolute Gasteiger partial charge is 0.244 e. The molecule has 2 aromatic rings. The predicted molar refractivity (Wildman–Crippen MR) is 86.7 cm³/mol. The molecule has 23 heavy (non-hydrogen) atoms. The van der Waals surface area contributed by atoms with Gasteiger partial charge in [0.2, 0.25) is 5.91 Å². The van der Waals surface area contributed by atoms with Gasteiger partial charge in [0.05, 0.1) is 13.2 Å². The highest BCUT2D eigenvalue weighted by atomic mass is 16.5. The molecule has 5 heteroatoms. The molecular formula is C18H22N2O3. The van der Waals surface area contributed by atoms with E-state index < -0.39 is 6.04 Å². The molecule has 1 aliphatic heterocycles. The van der Waals surface area contributed by atoms with Gasteiger partial charge in [-0.05, 0) is 17.7 Å². The van der Waals surface area contributed by atoms with Crippen LogP contribution < -0.4 is 5.73 Å². The molecule has 0 bridgehead atoms. The summed E-state index contributed by atoms with van der Waals surface area (Å²) in [6.45, 7) is 3.51. The topological polar surface area (TPSA) is 68.7 Å². The van der Waals surface area contributed by atoms with Crippen molar-refractivity contribution in [3.8, 4) is 0 Å². The molecule has 2 heterocycles. The first-order valence-corrected chi connectivity index (χ1v) is 7.98. The summed E-state index contributed by atoms with van der Waals surface area (Å²) in [5.74, 6) is 1.57. The average Bonchev–Trinajstić information content (AvgIpc) is 3.10. The lowest BCUT2D eigenvalue weighted by atomic mass is 10.0. The zero-order chi connectivity index (χ0) is 16.2. The van der Waals surface area contributed by atoms with Crippen molar-refractivity contribution in [2.24, 2.45) is 5.73 Å². The molecule has 0 spiro atoms. The molecule has 2 atom stereocenters. The van der Waals surface area contributed by atoms with E-state index in [1.165, 1.54) is 0 Å². The number of nitrogens with zero attached hydrogens (tertiary/aromatic N) is 1. The van der Waals surface area contributed by atoms with Gasteiger partial charge in [0.1, 0.15) is 23.6 Å². The Morgan fingerprint density at radius 1 is 1.30 bits per heavy atom. The van der Waals surface area contributed by atoms with Gasteiger partial charge < -0.3 is 19.8 Å². The van der Waals surface area contributed by atoms with E-state index in [1.54, 1.807) is 4.90 Å².